The summed E-state index contributed by atoms with van der Waals surface area (Å²) in [6.07, 6.45) is 0. The third-order valence-electron chi connectivity index (χ3n) is 2.56. The Bertz CT molecular complexity index is 478. The second-order valence-corrected chi connectivity index (χ2v) is 7.90. The molecule has 4 nitrogen and oxygen atoms in total. The molecule has 0 aromatic carbocycles. The SMILES string of the molecule is CC(C)CN(C(C)C)S(=O)(=O)c1csc(CN)c1. The predicted octanol–water partition coefficient (Wildman–Crippen LogP) is 2.26. The molecule has 1 heterocycles. The highest BCUT2D eigenvalue weighted by atomic mass is 32.2. The first-order valence-electron chi connectivity index (χ1n) is 6.08. The van der Waals surface area contributed by atoms with E-state index in [1.807, 2.05) is 27.7 Å². The van der Waals surface area contributed by atoms with E-state index < -0.39 is 10.0 Å². The Labute approximate surface area is 114 Å². The van der Waals surface area contributed by atoms with Crippen molar-refractivity contribution in [2.24, 2.45) is 11.7 Å². The number of sulfonamides is 1. The lowest BCUT2D eigenvalue weighted by molar-refractivity contribution is 0.319. The molecule has 0 bridgehead atoms. The Morgan fingerprint density at radius 3 is 2.33 bits per heavy atom. The topological polar surface area (TPSA) is 63.4 Å². The van der Waals surface area contributed by atoms with Crippen molar-refractivity contribution >= 4 is 21.4 Å². The van der Waals surface area contributed by atoms with E-state index in [0.717, 1.165) is 4.88 Å². The second kappa shape index (κ2) is 6.14. The van der Waals surface area contributed by atoms with E-state index in [2.05, 4.69) is 0 Å². The lowest BCUT2D eigenvalue weighted by atomic mass is 10.2. The maximum Gasteiger partial charge on any atom is 0.244 e. The molecule has 0 spiro atoms. The van der Waals surface area contributed by atoms with Crippen molar-refractivity contribution in [2.75, 3.05) is 6.54 Å². The van der Waals surface area contributed by atoms with Crippen LogP contribution in [0, 0.1) is 5.92 Å². The third-order valence-corrected chi connectivity index (χ3v) is 5.69. The molecule has 0 saturated carbocycles. The molecule has 0 radical (unpaired) electrons. The Morgan fingerprint density at radius 1 is 1.33 bits per heavy atom. The summed E-state index contributed by atoms with van der Waals surface area (Å²) in [6.45, 7) is 8.75. The third kappa shape index (κ3) is 3.54. The Kier molecular flexibility index (Phi) is 5.33. The number of nitrogens with two attached hydrogens (primary N) is 1. The molecule has 1 rings (SSSR count). The van der Waals surface area contributed by atoms with Crippen molar-refractivity contribution in [3.63, 3.8) is 0 Å². The summed E-state index contributed by atoms with van der Waals surface area (Å²) in [7, 11) is -3.40. The molecule has 0 aliphatic heterocycles. The molecule has 0 saturated heterocycles. The van der Waals surface area contributed by atoms with E-state index in [-0.39, 0.29) is 6.04 Å². The maximum absolute atomic E-state index is 12.5. The van der Waals surface area contributed by atoms with Crippen LogP contribution in [0.5, 0.6) is 0 Å². The van der Waals surface area contributed by atoms with Gasteiger partial charge in [0.15, 0.2) is 0 Å². The van der Waals surface area contributed by atoms with Gasteiger partial charge in [-0.25, -0.2) is 8.42 Å². The van der Waals surface area contributed by atoms with Crippen molar-refractivity contribution in [1.82, 2.24) is 4.31 Å². The van der Waals surface area contributed by atoms with Crippen LogP contribution in [-0.4, -0.2) is 25.3 Å². The van der Waals surface area contributed by atoms with Gasteiger partial charge in [-0.05, 0) is 25.8 Å². The fraction of sp³-hybridized carbons (Fsp3) is 0.667. The van der Waals surface area contributed by atoms with Gasteiger partial charge >= 0.3 is 0 Å². The van der Waals surface area contributed by atoms with Crippen LogP contribution in [0.25, 0.3) is 0 Å². The molecular weight excluding hydrogens is 268 g/mol. The Hall–Kier alpha value is -0.430. The standard InChI is InChI=1S/C12H22N2O2S2/c1-9(2)7-14(10(3)4)18(15,16)12-5-11(6-13)17-8-12/h5,8-10H,6-7,13H2,1-4H3. The highest BCUT2D eigenvalue weighted by molar-refractivity contribution is 7.89. The van der Waals surface area contributed by atoms with E-state index in [4.69, 9.17) is 5.73 Å². The Morgan fingerprint density at radius 2 is 1.94 bits per heavy atom. The summed E-state index contributed by atoms with van der Waals surface area (Å²) in [5, 5.41) is 1.67. The van der Waals surface area contributed by atoms with Gasteiger partial charge in [0.1, 0.15) is 0 Å². The van der Waals surface area contributed by atoms with Crippen LogP contribution in [0.4, 0.5) is 0 Å². The van der Waals surface area contributed by atoms with Gasteiger partial charge in [-0.3, -0.25) is 0 Å². The van der Waals surface area contributed by atoms with Crippen molar-refractivity contribution < 1.29 is 8.42 Å². The average molecular weight is 290 g/mol. The Balaban J connectivity index is 3.08. The number of hydrogen-bond acceptors (Lipinski definition) is 4. The minimum Gasteiger partial charge on any atom is -0.326 e. The van der Waals surface area contributed by atoms with Crippen molar-refractivity contribution in [3.8, 4) is 0 Å². The zero-order chi connectivity index (χ0) is 13.9. The molecule has 1 aromatic rings. The molecule has 0 atom stereocenters. The zero-order valence-corrected chi connectivity index (χ0v) is 13.0. The van der Waals surface area contributed by atoms with Crippen LogP contribution in [-0.2, 0) is 16.6 Å². The van der Waals surface area contributed by atoms with Crippen LogP contribution in [0.15, 0.2) is 16.3 Å². The molecule has 0 unspecified atom stereocenters. The van der Waals surface area contributed by atoms with Gasteiger partial charge in [0.25, 0.3) is 0 Å². The van der Waals surface area contributed by atoms with Crippen LogP contribution < -0.4 is 5.73 Å². The van der Waals surface area contributed by atoms with Crippen LogP contribution >= 0.6 is 11.3 Å². The monoisotopic (exact) mass is 290 g/mol. The highest BCUT2D eigenvalue weighted by Gasteiger charge is 2.28. The molecule has 0 amide bonds. The largest absolute Gasteiger partial charge is 0.326 e. The summed E-state index contributed by atoms with van der Waals surface area (Å²) in [6, 6.07) is 1.63. The first-order chi connectivity index (χ1) is 8.28. The minimum atomic E-state index is -3.40. The summed E-state index contributed by atoms with van der Waals surface area (Å²) in [4.78, 5) is 1.25. The van der Waals surface area contributed by atoms with Crippen LogP contribution in [0.1, 0.15) is 32.6 Å². The van der Waals surface area contributed by atoms with E-state index in [9.17, 15) is 8.42 Å². The molecule has 0 aliphatic rings. The highest BCUT2D eigenvalue weighted by Crippen LogP contribution is 2.24. The van der Waals surface area contributed by atoms with Gasteiger partial charge in [-0.2, -0.15) is 4.31 Å². The van der Waals surface area contributed by atoms with Crippen LogP contribution in [0.3, 0.4) is 0 Å². The molecule has 6 heteroatoms. The number of rotatable bonds is 6. The summed E-state index contributed by atoms with van der Waals surface area (Å²) in [5.74, 6) is 0.301. The fourth-order valence-corrected chi connectivity index (χ4v) is 4.63. The van der Waals surface area contributed by atoms with E-state index in [1.54, 1.807) is 15.8 Å². The smallest absolute Gasteiger partial charge is 0.244 e. The van der Waals surface area contributed by atoms with Crippen molar-refractivity contribution in [1.29, 1.82) is 0 Å². The number of nitrogens with zero attached hydrogens (tertiary/aromatic N) is 1. The quantitative estimate of drug-likeness (QED) is 0.874. The summed E-state index contributed by atoms with van der Waals surface area (Å²) < 4.78 is 26.6. The first kappa shape index (κ1) is 15.6. The van der Waals surface area contributed by atoms with E-state index >= 15 is 0 Å². The second-order valence-electron chi connectivity index (χ2n) is 5.02. The molecule has 0 aliphatic carbocycles. The van der Waals surface area contributed by atoms with E-state index in [0.29, 0.717) is 23.9 Å². The number of thiophene rings is 1. The molecule has 0 fully saturated rings. The first-order valence-corrected chi connectivity index (χ1v) is 8.40. The lowest BCUT2D eigenvalue weighted by Gasteiger charge is -2.27. The van der Waals surface area contributed by atoms with Crippen molar-refractivity contribution in [3.05, 3.63) is 16.3 Å². The van der Waals surface area contributed by atoms with E-state index in [1.165, 1.54) is 11.3 Å². The molecular formula is C12H22N2O2S2. The fourth-order valence-electron chi connectivity index (χ4n) is 1.68. The summed E-state index contributed by atoms with van der Waals surface area (Å²) >= 11 is 1.39. The van der Waals surface area contributed by atoms with Gasteiger partial charge in [-0.15, -0.1) is 11.3 Å². The lowest BCUT2D eigenvalue weighted by Crippen LogP contribution is -2.39. The van der Waals surface area contributed by atoms with Gasteiger partial charge in [-0.1, -0.05) is 13.8 Å². The predicted molar refractivity (Wildman–Crippen MR) is 76.1 cm³/mol. The molecule has 2 N–H and O–H groups in total. The minimum absolute atomic E-state index is 0.0429. The van der Waals surface area contributed by atoms with Gasteiger partial charge in [0.2, 0.25) is 10.0 Å². The van der Waals surface area contributed by atoms with Gasteiger partial charge in [0, 0.05) is 29.4 Å². The zero-order valence-electron chi connectivity index (χ0n) is 11.4. The normalized spacial score (nSPS) is 12.9. The van der Waals surface area contributed by atoms with Gasteiger partial charge in [0.05, 0.1) is 4.90 Å². The molecule has 1 aromatic heterocycles. The molecule has 104 valence electrons. The summed E-state index contributed by atoms with van der Waals surface area (Å²) in [5.41, 5.74) is 5.53. The van der Waals surface area contributed by atoms with Crippen LogP contribution in [0.2, 0.25) is 0 Å². The van der Waals surface area contributed by atoms with Crippen molar-refractivity contribution in [2.45, 2.75) is 45.2 Å². The van der Waals surface area contributed by atoms with Gasteiger partial charge < -0.3 is 5.73 Å². The molecule has 18 heavy (non-hydrogen) atoms. The average Bonchev–Trinajstić information content (AvgIpc) is 2.74. The number of hydrogen-bond donors (Lipinski definition) is 1. The maximum atomic E-state index is 12.5.